The summed E-state index contributed by atoms with van der Waals surface area (Å²) >= 11 is 11.7. The molecule has 0 atom stereocenters. The number of hydrogen-bond donors (Lipinski definition) is 1. The molecule has 2 aromatic carbocycles. The number of amides is 1. The maximum absolute atomic E-state index is 12.0. The lowest BCUT2D eigenvalue weighted by Crippen LogP contribution is -2.19. The molecular weight excluding hydrogens is 307 g/mol. The molecular formula is C16H14Cl2N2O. The number of carbonyl (C=O) groups excluding carboxylic acids is 1. The number of benzene rings is 2. The molecule has 0 aliphatic heterocycles. The summed E-state index contributed by atoms with van der Waals surface area (Å²) in [7, 11) is 0. The van der Waals surface area contributed by atoms with Crippen LogP contribution in [0.25, 0.3) is 0 Å². The fourth-order valence-corrected chi connectivity index (χ4v) is 2.07. The van der Waals surface area contributed by atoms with Crippen molar-refractivity contribution < 1.29 is 4.79 Å². The molecule has 0 spiro atoms. The van der Waals surface area contributed by atoms with Crippen LogP contribution in [0, 0.1) is 6.92 Å². The van der Waals surface area contributed by atoms with Crippen molar-refractivity contribution in [3.63, 3.8) is 0 Å². The normalized spacial score (nSPS) is 11.3. The van der Waals surface area contributed by atoms with Gasteiger partial charge in [0.25, 0.3) is 5.91 Å². The fourth-order valence-electron chi connectivity index (χ4n) is 1.77. The first-order chi connectivity index (χ1) is 9.97. The molecule has 0 heterocycles. The number of carbonyl (C=O) groups is 1. The Morgan fingerprint density at radius 1 is 1.05 bits per heavy atom. The lowest BCUT2D eigenvalue weighted by Gasteiger charge is -2.05. The van der Waals surface area contributed by atoms with Gasteiger partial charge in [0.2, 0.25) is 0 Å². The summed E-state index contributed by atoms with van der Waals surface area (Å²) in [6.45, 7) is 3.84. The van der Waals surface area contributed by atoms with E-state index in [1.165, 1.54) is 6.07 Å². The average molecular weight is 321 g/mol. The zero-order chi connectivity index (χ0) is 15.4. The van der Waals surface area contributed by atoms with Crippen LogP contribution in [0.1, 0.15) is 28.4 Å². The van der Waals surface area contributed by atoms with Gasteiger partial charge in [-0.1, -0.05) is 53.0 Å². The number of rotatable bonds is 3. The highest BCUT2D eigenvalue weighted by Gasteiger charge is 2.07. The van der Waals surface area contributed by atoms with Crippen molar-refractivity contribution in [2.45, 2.75) is 13.8 Å². The van der Waals surface area contributed by atoms with Gasteiger partial charge in [0, 0.05) is 5.56 Å². The van der Waals surface area contributed by atoms with E-state index in [9.17, 15) is 4.79 Å². The van der Waals surface area contributed by atoms with Crippen LogP contribution in [-0.2, 0) is 0 Å². The second-order valence-corrected chi connectivity index (χ2v) is 5.45. The van der Waals surface area contributed by atoms with Crippen molar-refractivity contribution in [1.82, 2.24) is 5.43 Å². The topological polar surface area (TPSA) is 41.5 Å². The van der Waals surface area contributed by atoms with Crippen LogP contribution in [0.2, 0.25) is 10.0 Å². The molecule has 2 rings (SSSR count). The van der Waals surface area contributed by atoms with Crippen molar-refractivity contribution in [3.8, 4) is 0 Å². The van der Waals surface area contributed by atoms with Gasteiger partial charge < -0.3 is 0 Å². The Morgan fingerprint density at radius 3 is 2.48 bits per heavy atom. The van der Waals surface area contributed by atoms with E-state index in [1.807, 2.05) is 38.1 Å². The van der Waals surface area contributed by atoms with Crippen LogP contribution in [0.4, 0.5) is 0 Å². The molecule has 1 N–H and O–H groups in total. The number of nitrogens with zero attached hydrogens (tertiary/aromatic N) is 1. The summed E-state index contributed by atoms with van der Waals surface area (Å²) in [5.41, 5.74) is 5.75. The van der Waals surface area contributed by atoms with Crippen LogP contribution in [0.15, 0.2) is 47.6 Å². The second kappa shape index (κ2) is 6.74. The molecule has 2 aromatic rings. The van der Waals surface area contributed by atoms with E-state index in [0.29, 0.717) is 15.6 Å². The molecule has 0 saturated heterocycles. The summed E-state index contributed by atoms with van der Waals surface area (Å²) in [6.07, 6.45) is 0. The van der Waals surface area contributed by atoms with Gasteiger partial charge in [0.05, 0.1) is 15.8 Å². The third-order valence-corrected chi connectivity index (χ3v) is 3.68. The molecule has 0 unspecified atom stereocenters. The third-order valence-electron chi connectivity index (χ3n) is 2.94. The molecule has 21 heavy (non-hydrogen) atoms. The quantitative estimate of drug-likeness (QED) is 0.658. The van der Waals surface area contributed by atoms with Crippen molar-refractivity contribution in [3.05, 3.63) is 69.2 Å². The van der Waals surface area contributed by atoms with E-state index in [-0.39, 0.29) is 5.91 Å². The molecule has 0 fully saturated rings. The Labute approximate surface area is 133 Å². The van der Waals surface area contributed by atoms with E-state index in [4.69, 9.17) is 23.2 Å². The van der Waals surface area contributed by atoms with Crippen LogP contribution in [-0.4, -0.2) is 11.6 Å². The highest BCUT2D eigenvalue weighted by Crippen LogP contribution is 2.22. The Kier molecular flexibility index (Phi) is 4.99. The van der Waals surface area contributed by atoms with E-state index in [1.54, 1.807) is 12.1 Å². The molecule has 5 heteroatoms. The predicted molar refractivity (Wildman–Crippen MR) is 87.3 cm³/mol. The van der Waals surface area contributed by atoms with Gasteiger partial charge in [-0.15, -0.1) is 0 Å². The Bertz CT molecular complexity index is 711. The average Bonchev–Trinajstić information content (AvgIpc) is 2.47. The van der Waals surface area contributed by atoms with Gasteiger partial charge >= 0.3 is 0 Å². The lowest BCUT2D eigenvalue weighted by atomic mass is 10.1. The van der Waals surface area contributed by atoms with Gasteiger partial charge in [0.15, 0.2) is 0 Å². The molecule has 0 aliphatic carbocycles. The van der Waals surface area contributed by atoms with Crippen molar-refractivity contribution in [1.29, 1.82) is 0 Å². The highest BCUT2D eigenvalue weighted by molar-refractivity contribution is 6.42. The van der Waals surface area contributed by atoms with Gasteiger partial charge in [-0.2, -0.15) is 5.10 Å². The number of hydrogen-bond acceptors (Lipinski definition) is 2. The maximum atomic E-state index is 12.0. The van der Waals surface area contributed by atoms with Gasteiger partial charge in [0.1, 0.15) is 0 Å². The molecule has 1 amide bonds. The predicted octanol–water partition coefficient (Wildman–Crippen LogP) is 4.46. The minimum atomic E-state index is -0.333. The van der Waals surface area contributed by atoms with E-state index >= 15 is 0 Å². The SMILES string of the molecule is C/C(=N\NC(=O)c1ccc(Cl)c(Cl)c1)c1cccc(C)c1. The van der Waals surface area contributed by atoms with Crippen LogP contribution in [0.3, 0.4) is 0 Å². The molecule has 0 radical (unpaired) electrons. The Balaban J connectivity index is 2.12. The number of nitrogens with one attached hydrogen (secondary N) is 1. The molecule has 3 nitrogen and oxygen atoms in total. The molecule has 0 saturated carbocycles. The Morgan fingerprint density at radius 2 is 1.81 bits per heavy atom. The van der Waals surface area contributed by atoms with Crippen molar-refractivity contribution >= 4 is 34.8 Å². The van der Waals surface area contributed by atoms with Crippen LogP contribution < -0.4 is 5.43 Å². The maximum Gasteiger partial charge on any atom is 0.271 e. The van der Waals surface area contributed by atoms with Crippen molar-refractivity contribution in [2.24, 2.45) is 5.10 Å². The smallest absolute Gasteiger partial charge is 0.267 e. The monoisotopic (exact) mass is 320 g/mol. The fraction of sp³-hybridized carbons (Fsp3) is 0.125. The number of hydrazone groups is 1. The summed E-state index contributed by atoms with van der Waals surface area (Å²) in [5, 5.41) is 4.85. The molecule has 0 aromatic heterocycles. The zero-order valence-corrected chi connectivity index (χ0v) is 13.2. The first-order valence-electron chi connectivity index (χ1n) is 6.34. The summed E-state index contributed by atoms with van der Waals surface area (Å²) < 4.78 is 0. The molecule has 108 valence electrons. The molecule has 0 aliphatic rings. The van der Waals surface area contributed by atoms with Crippen LogP contribution in [0.5, 0.6) is 0 Å². The van der Waals surface area contributed by atoms with Gasteiger partial charge in [-0.05, 0) is 37.6 Å². The van der Waals surface area contributed by atoms with Gasteiger partial charge in [-0.25, -0.2) is 5.43 Å². The third kappa shape index (κ3) is 4.06. The van der Waals surface area contributed by atoms with Gasteiger partial charge in [-0.3, -0.25) is 4.79 Å². The first-order valence-corrected chi connectivity index (χ1v) is 7.09. The Hall–Kier alpha value is -1.84. The highest BCUT2D eigenvalue weighted by atomic mass is 35.5. The van der Waals surface area contributed by atoms with Crippen LogP contribution >= 0.6 is 23.2 Å². The lowest BCUT2D eigenvalue weighted by molar-refractivity contribution is 0.0955. The summed E-state index contributed by atoms with van der Waals surface area (Å²) in [4.78, 5) is 12.0. The van der Waals surface area contributed by atoms with E-state index in [2.05, 4.69) is 10.5 Å². The second-order valence-electron chi connectivity index (χ2n) is 4.64. The van der Waals surface area contributed by atoms with Crippen molar-refractivity contribution in [2.75, 3.05) is 0 Å². The minimum absolute atomic E-state index is 0.333. The molecule has 0 bridgehead atoms. The number of aryl methyl sites for hydroxylation is 1. The van der Waals surface area contributed by atoms with E-state index < -0.39 is 0 Å². The zero-order valence-electron chi connectivity index (χ0n) is 11.7. The summed E-state index contributed by atoms with van der Waals surface area (Å²) in [6, 6.07) is 12.6. The summed E-state index contributed by atoms with van der Waals surface area (Å²) in [5.74, 6) is -0.333. The first kappa shape index (κ1) is 15.5. The minimum Gasteiger partial charge on any atom is -0.267 e. The standard InChI is InChI=1S/C16H14Cl2N2O/c1-10-4-3-5-12(8-10)11(2)19-20-16(21)13-6-7-14(17)15(18)9-13/h3-9H,1-2H3,(H,20,21)/b19-11+. The number of halogens is 2. The van der Waals surface area contributed by atoms with E-state index in [0.717, 1.165) is 16.8 Å². The largest absolute Gasteiger partial charge is 0.271 e.